The Bertz CT molecular complexity index is 334. The van der Waals surface area contributed by atoms with Gasteiger partial charge < -0.3 is 9.94 Å². The fraction of sp³-hybridized carbons (Fsp3) is 0.417. The fourth-order valence-electron chi connectivity index (χ4n) is 1.31. The van der Waals surface area contributed by atoms with Gasteiger partial charge in [0.1, 0.15) is 5.75 Å². The average Bonchev–Trinajstić information content (AvgIpc) is 2.22. The lowest BCUT2D eigenvalue weighted by atomic mass is 10.1. The van der Waals surface area contributed by atoms with Crippen molar-refractivity contribution in [3.05, 3.63) is 29.3 Å². The molecule has 0 atom stereocenters. The second kappa shape index (κ2) is 6.06. The van der Waals surface area contributed by atoms with E-state index in [1.165, 1.54) is 6.21 Å². The van der Waals surface area contributed by atoms with Gasteiger partial charge in [-0.05, 0) is 42.7 Å². The molecule has 0 aliphatic heterocycles. The Morgan fingerprint density at radius 2 is 2.27 bits per heavy atom. The van der Waals surface area contributed by atoms with Crippen LogP contribution in [0.3, 0.4) is 0 Å². The van der Waals surface area contributed by atoms with Crippen LogP contribution >= 0.6 is 0 Å². The van der Waals surface area contributed by atoms with Gasteiger partial charge in [-0.2, -0.15) is 0 Å². The van der Waals surface area contributed by atoms with Crippen molar-refractivity contribution in [2.24, 2.45) is 5.16 Å². The predicted octanol–water partition coefficient (Wildman–Crippen LogP) is 2.98. The summed E-state index contributed by atoms with van der Waals surface area (Å²) in [7, 11) is 0. The Morgan fingerprint density at radius 3 is 2.87 bits per heavy atom. The molecule has 0 amide bonds. The Labute approximate surface area is 90.4 Å². The van der Waals surface area contributed by atoms with Gasteiger partial charge in [0.15, 0.2) is 0 Å². The maximum atomic E-state index is 8.39. The molecule has 0 aliphatic carbocycles. The summed E-state index contributed by atoms with van der Waals surface area (Å²) in [5.74, 6) is 0.901. The molecule has 1 aromatic carbocycles. The van der Waals surface area contributed by atoms with Crippen LogP contribution in [0.25, 0.3) is 0 Å². The van der Waals surface area contributed by atoms with Gasteiger partial charge in [0.05, 0.1) is 12.8 Å². The Kier molecular flexibility index (Phi) is 4.68. The number of hydrogen-bond donors (Lipinski definition) is 1. The molecule has 0 bridgehead atoms. The lowest BCUT2D eigenvalue weighted by molar-refractivity contribution is 0.307. The molecule has 15 heavy (non-hydrogen) atoms. The van der Waals surface area contributed by atoms with Crippen molar-refractivity contribution in [3.63, 3.8) is 0 Å². The largest absolute Gasteiger partial charge is 0.493 e. The highest BCUT2D eigenvalue weighted by Crippen LogP contribution is 2.18. The number of benzene rings is 1. The van der Waals surface area contributed by atoms with Crippen LogP contribution in [0.4, 0.5) is 0 Å². The summed E-state index contributed by atoms with van der Waals surface area (Å²) in [4.78, 5) is 0. The van der Waals surface area contributed by atoms with Crippen molar-refractivity contribution in [1.29, 1.82) is 0 Å². The van der Waals surface area contributed by atoms with Crippen LogP contribution in [0.15, 0.2) is 23.4 Å². The zero-order chi connectivity index (χ0) is 11.1. The summed E-state index contributed by atoms with van der Waals surface area (Å²) in [6, 6.07) is 5.71. The number of oxime groups is 1. The summed E-state index contributed by atoms with van der Waals surface area (Å²) in [5.41, 5.74) is 1.93. The molecule has 0 aliphatic rings. The summed E-state index contributed by atoms with van der Waals surface area (Å²) >= 11 is 0. The Balaban J connectivity index is 2.66. The Morgan fingerprint density at radius 1 is 1.47 bits per heavy atom. The van der Waals surface area contributed by atoms with Gasteiger partial charge in [-0.1, -0.05) is 18.5 Å². The molecule has 0 saturated carbocycles. The Hall–Kier alpha value is -1.51. The van der Waals surface area contributed by atoms with Crippen LogP contribution in [-0.4, -0.2) is 18.0 Å². The van der Waals surface area contributed by atoms with E-state index in [1.54, 1.807) is 0 Å². The van der Waals surface area contributed by atoms with Crippen molar-refractivity contribution in [3.8, 4) is 5.75 Å². The third kappa shape index (κ3) is 3.62. The number of unbranched alkanes of at least 4 members (excludes halogenated alkanes) is 1. The maximum absolute atomic E-state index is 8.39. The molecule has 1 rings (SSSR count). The molecular weight excluding hydrogens is 190 g/mol. The fourth-order valence-corrected chi connectivity index (χ4v) is 1.31. The molecule has 1 N–H and O–H groups in total. The van der Waals surface area contributed by atoms with Crippen molar-refractivity contribution < 1.29 is 9.94 Å². The SMILES string of the molecule is CCCCOc1ccc(/C=N/O)cc1C. The van der Waals surface area contributed by atoms with Gasteiger partial charge in [0, 0.05) is 0 Å². The van der Waals surface area contributed by atoms with Crippen molar-refractivity contribution in [2.45, 2.75) is 26.7 Å². The molecule has 0 heterocycles. The minimum atomic E-state index is 0.755. The van der Waals surface area contributed by atoms with Gasteiger partial charge in [-0.25, -0.2) is 0 Å². The van der Waals surface area contributed by atoms with E-state index in [-0.39, 0.29) is 0 Å². The zero-order valence-corrected chi connectivity index (χ0v) is 9.23. The molecule has 0 radical (unpaired) electrons. The second-order valence-electron chi connectivity index (χ2n) is 3.47. The van der Waals surface area contributed by atoms with Crippen molar-refractivity contribution in [1.82, 2.24) is 0 Å². The van der Waals surface area contributed by atoms with Crippen LogP contribution in [0, 0.1) is 6.92 Å². The first-order chi connectivity index (χ1) is 7.27. The van der Waals surface area contributed by atoms with Gasteiger partial charge in [-0.15, -0.1) is 0 Å². The quantitative estimate of drug-likeness (QED) is 0.349. The number of aryl methyl sites for hydroxylation is 1. The zero-order valence-electron chi connectivity index (χ0n) is 9.23. The van der Waals surface area contributed by atoms with Gasteiger partial charge in [-0.3, -0.25) is 0 Å². The van der Waals surface area contributed by atoms with Crippen LogP contribution < -0.4 is 4.74 Å². The van der Waals surface area contributed by atoms with E-state index in [4.69, 9.17) is 9.94 Å². The van der Waals surface area contributed by atoms with E-state index < -0.39 is 0 Å². The first-order valence-electron chi connectivity index (χ1n) is 5.18. The molecule has 0 spiro atoms. The van der Waals surface area contributed by atoms with E-state index >= 15 is 0 Å². The third-order valence-corrected chi connectivity index (χ3v) is 2.16. The topological polar surface area (TPSA) is 41.8 Å². The predicted molar refractivity (Wildman–Crippen MR) is 61.0 cm³/mol. The standard InChI is InChI=1S/C12H17NO2/c1-3-4-7-15-12-6-5-11(9-13-14)8-10(12)2/h5-6,8-9,14H,3-4,7H2,1-2H3/b13-9+. The number of nitrogens with zero attached hydrogens (tertiary/aromatic N) is 1. The molecular formula is C12H17NO2. The molecule has 0 fully saturated rings. The first kappa shape index (κ1) is 11.6. The van der Waals surface area contributed by atoms with E-state index in [9.17, 15) is 0 Å². The van der Waals surface area contributed by atoms with Crippen LogP contribution in [0.5, 0.6) is 5.75 Å². The van der Waals surface area contributed by atoms with Crippen molar-refractivity contribution in [2.75, 3.05) is 6.61 Å². The molecule has 82 valence electrons. The number of hydrogen-bond acceptors (Lipinski definition) is 3. The monoisotopic (exact) mass is 207 g/mol. The van der Waals surface area contributed by atoms with Crippen LogP contribution in [0.2, 0.25) is 0 Å². The van der Waals surface area contributed by atoms with Crippen LogP contribution in [-0.2, 0) is 0 Å². The molecule has 3 nitrogen and oxygen atoms in total. The van der Waals surface area contributed by atoms with Crippen molar-refractivity contribution >= 4 is 6.21 Å². The van der Waals surface area contributed by atoms with Gasteiger partial charge in [0.2, 0.25) is 0 Å². The lowest BCUT2D eigenvalue weighted by Crippen LogP contribution is -1.98. The molecule has 0 saturated heterocycles. The van der Waals surface area contributed by atoms with Crippen LogP contribution in [0.1, 0.15) is 30.9 Å². The second-order valence-corrected chi connectivity index (χ2v) is 3.47. The highest BCUT2D eigenvalue weighted by atomic mass is 16.5. The summed E-state index contributed by atoms with van der Waals surface area (Å²) in [5, 5.41) is 11.4. The lowest BCUT2D eigenvalue weighted by Gasteiger charge is -2.08. The smallest absolute Gasteiger partial charge is 0.122 e. The van der Waals surface area contributed by atoms with E-state index in [2.05, 4.69) is 12.1 Å². The normalized spacial score (nSPS) is 10.8. The minimum absolute atomic E-state index is 0.755. The van der Waals surface area contributed by atoms with E-state index in [0.29, 0.717) is 0 Å². The molecule has 3 heteroatoms. The summed E-state index contributed by atoms with van der Waals surface area (Å²) in [6.45, 7) is 4.87. The third-order valence-electron chi connectivity index (χ3n) is 2.16. The highest BCUT2D eigenvalue weighted by Gasteiger charge is 1.99. The highest BCUT2D eigenvalue weighted by molar-refractivity contribution is 5.79. The van der Waals surface area contributed by atoms with Gasteiger partial charge >= 0.3 is 0 Å². The number of ether oxygens (including phenoxy) is 1. The number of rotatable bonds is 5. The van der Waals surface area contributed by atoms with E-state index in [1.807, 2.05) is 25.1 Å². The van der Waals surface area contributed by atoms with Gasteiger partial charge in [0.25, 0.3) is 0 Å². The molecule has 1 aromatic rings. The first-order valence-corrected chi connectivity index (χ1v) is 5.18. The maximum Gasteiger partial charge on any atom is 0.122 e. The van der Waals surface area contributed by atoms with E-state index in [0.717, 1.165) is 36.3 Å². The summed E-state index contributed by atoms with van der Waals surface area (Å²) in [6.07, 6.45) is 3.61. The molecule has 0 unspecified atom stereocenters. The summed E-state index contributed by atoms with van der Waals surface area (Å²) < 4.78 is 5.60. The molecule has 0 aromatic heterocycles. The average molecular weight is 207 g/mol. The minimum Gasteiger partial charge on any atom is -0.493 e.